The largest absolute Gasteiger partial charge is 0.388 e. The Morgan fingerprint density at radius 3 is 3.05 bits per heavy atom. The van der Waals surface area contributed by atoms with E-state index >= 15 is 0 Å². The summed E-state index contributed by atoms with van der Waals surface area (Å²) in [6.07, 6.45) is 3.86. The molecule has 2 unspecified atom stereocenters. The van der Waals surface area contributed by atoms with Crippen molar-refractivity contribution in [3.8, 4) is 6.07 Å². The van der Waals surface area contributed by atoms with E-state index in [1.807, 2.05) is 0 Å². The number of hydrogen-bond donors (Lipinski definition) is 2. The van der Waals surface area contributed by atoms with Crippen LogP contribution >= 0.6 is 11.6 Å². The maximum Gasteiger partial charge on any atom is 0.101 e. The number of rotatable bonds is 3. The second-order valence-electron chi connectivity index (χ2n) is 5.58. The van der Waals surface area contributed by atoms with Gasteiger partial charge in [0.15, 0.2) is 0 Å². The van der Waals surface area contributed by atoms with Gasteiger partial charge < -0.3 is 10.4 Å². The summed E-state index contributed by atoms with van der Waals surface area (Å²) < 4.78 is 0. The van der Waals surface area contributed by atoms with Gasteiger partial charge in [-0.25, -0.2) is 0 Å². The van der Waals surface area contributed by atoms with Gasteiger partial charge in [0.25, 0.3) is 0 Å². The van der Waals surface area contributed by atoms with Crippen molar-refractivity contribution in [3.05, 3.63) is 28.8 Å². The van der Waals surface area contributed by atoms with Crippen molar-refractivity contribution < 1.29 is 5.11 Å². The summed E-state index contributed by atoms with van der Waals surface area (Å²) >= 11 is 5.94. The fourth-order valence-electron chi connectivity index (χ4n) is 2.81. The van der Waals surface area contributed by atoms with Gasteiger partial charge in [-0.2, -0.15) is 5.26 Å². The molecule has 2 rings (SSSR count). The molecular weight excluding hydrogens is 260 g/mol. The lowest BCUT2D eigenvalue weighted by Crippen LogP contribution is -2.41. The number of hydrogen-bond acceptors (Lipinski definition) is 3. The molecule has 1 aromatic carbocycles. The van der Waals surface area contributed by atoms with Gasteiger partial charge in [0, 0.05) is 11.6 Å². The highest BCUT2D eigenvalue weighted by Crippen LogP contribution is 2.32. The summed E-state index contributed by atoms with van der Waals surface area (Å²) in [5, 5.41) is 23.4. The summed E-state index contributed by atoms with van der Waals surface area (Å²) in [6, 6.07) is 7.25. The van der Waals surface area contributed by atoms with Crippen molar-refractivity contribution in [1.82, 2.24) is 0 Å². The molecule has 4 heteroatoms. The molecule has 0 spiro atoms. The van der Waals surface area contributed by atoms with E-state index < -0.39 is 5.60 Å². The highest BCUT2D eigenvalue weighted by Gasteiger charge is 2.32. The van der Waals surface area contributed by atoms with Gasteiger partial charge in [0.05, 0.1) is 16.9 Å². The van der Waals surface area contributed by atoms with E-state index in [9.17, 15) is 5.11 Å². The topological polar surface area (TPSA) is 56.0 Å². The average molecular weight is 279 g/mol. The van der Waals surface area contributed by atoms with E-state index in [-0.39, 0.29) is 0 Å². The van der Waals surface area contributed by atoms with Crippen LogP contribution in [0, 0.1) is 17.2 Å². The highest BCUT2D eigenvalue weighted by molar-refractivity contribution is 6.30. The molecule has 0 bridgehead atoms. The van der Waals surface area contributed by atoms with Crippen molar-refractivity contribution in [2.24, 2.45) is 5.92 Å². The molecule has 2 atom stereocenters. The fourth-order valence-corrected chi connectivity index (χ4v) is 2.98. The van der Waals surface area contributed by atoms with Crippen LogP contribution in [0.4, 0.5) is 5.69 Å². The maximum absolute atomic E-state index is 10.6. The van der Waals surface area contributed by atoms with Crippen LogP contribution in [0.25, 0.3) is 0 Å². The molecule has 0 amide bonds. The van der Waals surface area contributed by atoms with E-state index in [1.54, 1.807) is 18.2 Å². The van der Waals surface area contributed by atoms with Crippen LogP contribution in [0.3, 0.4) is 0 Å². The monoisotopic (exact) mass is 278 g/mol. The second kappa shape index (κ2) is 5.81. The molecule has 1 aromatic rings. The molecule has 3 nitrogen and oxygen atoms in total. The molecule has 19 heavy (non-hydrogen) atoms. The van der Waals surface area contributed by atoms with Gasteiger partial charge >= 0.3 is 0 Å². The number of nitrogens with one attached hydrogen (secondary N) is 1. The maximum atomic E-state index is 10.6. The van der Waals surface area contributed by atoms with Crippen LogP contribution in [-0.4, -0.2) is 17.3 Å². The molecule has 1 saturated carbocycles. The molecule has 1 aliphatic carbocycles. The summed E-state index contributed by atoms with van der Waals surface area (Å²) in [4.78, 5) is 0. The predicted molar refractivity (Wildman–Crippen MR) is 77.2 cm³/mol. The van der Waals surface area contributed by atoms with E-state index in [0.29, 0.717) is 28.7 Å². The summed E-state index contributed by atoms with van der Waals surface area (Å²) in [6.45, 7) is 2.64. The summed E-state index contributed by atoms with van der Waals surface area (Å²) in [7, 11) is 0. The minimum Gasteiger partial charge on any atom is -0.388 e. The van der Waals surface area contributed by atoms with E-state index in [2.05, 4.69) is 18.3 Å². The van der Waals surface area contributed by atoms with Crippen molar-refractivity contribution in [2.75, 3.05) is 11.9 Å². The van der Waals surface area contributed by atoms with E-state index in [0.717, 1.165) is 19.3 Å². The summed E-state index contributed by atoms with van der Waals surface area (Å²) in [5.41, 5.74) is 0.575. The zero-order valence-corrected chi connectivity index (χ0v) is 11.9. The van der Waals surface area contributed by atoms with Crippen LogP contribution in [0.1, 0.15) is 38.2 Å². The number of aliphatic hydroxyl groups is 1. The van der Waals surface area contributed by atoms with E-state index in [4.69, 9.17) is 16.9 Å². The van der Waals surface area contributed by atoms with Gasteiger partial charge in [-0.3, -0.25) is 0 Å². The smallest absolute Gasteiger partial charge is 0.101 e. The van der Waals surface area contributed by atoms with Gasteiger partial charge in [-0.15, -0.1) is 0 Å². The lowest BCUT2D eigenvalue weighted by atomic mass is 9.79. The molecule has 0 radical (unpaired) electrons. The third-order valence-electron chi connectivity index (χ3n) is 3.78. The minimum atomic E-state index is -0.674. The first-order chi connectivity index (χ1) is 9.02. The van der Waals surface area contributed by atoms with Crippen LogP contribution in [0.5, 0.6) is 0 Å². The standard InChI is InChI=1S/C15H19ClN2O/c1-11-3-2-6-15(19,8-11)10-18-14-7-13(16)5-4-12(14)9-17/h4-5,7,11,18-19H,2-3,6,8,10H2,1H3. The van der Waals surface area contributed by atoms with Crippen molar-refractivity contribution in [3.63, 3.8) is 0 Å². The number of nitriles is 1. The zero-order valence-electron chi connectivity index (χ0n) is 11.1. The average Bonchev–Trinajstić information content (AvgIpc) is 2.36. The van der Waals surface area contributed by atoms with Crippen LogP contribution in [0.2, 0.25) is 5.02 Å². The molecule has 2 N–H and O–H groups in total. The van der Waals surface area contributed by atoms with Crippen LogP contribution in [-0.2, 0) is 0 Å². The Bertz CT molecular complexity index is 497. The van der Waals surface area contributed by atoms with Crippen molar-refractivity contribution in [2.45, 2.75) is 38.2 Å². The Morgan fingerprint density at radius 1 is 1.58 bits per heavy atom. The second-order valence-corrected chi connectivity index (χ2v) is 6.02. The van der Waals surface area contributed by atoms with Gasteiger partial charge in [0.1, 0.15) is 6.07 Å². The Balaban J connectivity index is 2.06. The zero-order chi connectivity index (χ0) is 13.9. The SMILES string of the molecule is CC1CCCC(O)(CNc2cc(Cl)ccc2C#N)C1. The Labute approximate surface area is 119 Å². The first-order valence-corrected chi connectivity index (χ1v) is 7.06. The predicted octanol–water partition coefficient (Wildman–Crippen LogP) is 3.56. The molecule has 0 saturated heterocycles. The van der Waals surface area contributed by atoms with Crippen LogP contribution < -0.4 is 5.32 Å². The lowest BCUT2D eigenvalue weighted by molar-refractivity contribution is -0.000763. The first-order valence-electron chi connectivity index (χ1n) is 6.68. The molecule has 0 heterocycles. The molecular formula is C15H19ClN2O. The van der Waals surface area contributed by atoms with Gasteiger partial charge in [0.2, 0.25) is 0 Å². The number of benzene rings is 1. The molecule has 0 aliphatic heterocycles. The quantitative estimate of drug-likeness (QED) is 0.889. The molecule has 1 fully saturated rings. The van der Waals surface area contributed by atoms with Crippen molar-refractivity contribution >= 4 is 17.3 Å². The Kier molecular flexibility index (Phi) is 4.34. The third-order valence-corrected chi connectivity index (χ3v) is 4.01. The minimum absolute atomic E-state index is 0.465. The van der Waals surface area contributed by atoms with Gasteiger partial charge in [-0.05, 0) is 37.0 Å². The van der Waals surface area contributed by atoms with E-state index in [1.165, 1.54) is 6.42 Å². The lowest BCUT2D eigenvalue weighted by Gasteiger charge is -2.36. The number of halogens is 1. The Morgan fingerprint density at radius 2 is 2.37 bits per heavy atom. The first kappa shape index (κ1) is 14.2. The molecule has 1 aliphatic rings. The van der Waals surface area contributed by atoms with Crippen LogP contribution in [0.15, 0.2) is 18.2 Å². The Hall–Kier alpha value is -1.24. The highest BCUT2D eigenvalue weighted by atomic mass is 35.5. The molecule has 102 valence electrons. The number of anilines is 1. The fraction of sp³-hybridized carbons (Fsp3) is 0.533. The third kappa shape index (κ3) is 3.62. The van der Waals surface area contributed by atoms with Crippen molar-refractivity contribution in [1.29, 1.82) is 5.26 Å². The number of nitrogens with zero attached hydrogens (tertiary/aromatic N) is 1. The summed E-state index contributed by atoms with van der Waals surface area (Å²) in [5.74, 6) is 0.551. The molecule has 0 aromatic heterocycles. The normalized spacial score (nSPS) is 26.7. The van der Waals surface area contributed by atoms with Gasteiger partial charge in [-0.1, -0.05) is 31.4 Å².